The molecule has 0 saturated heterocycles. The van der Waals surface area contributed by atoms with Crippen LogP contribution in [0.1, 0.15) is 19.8 Å². The van der Waals surface area contributed by atoms with Gasteiger partial charge in [-0.05, 0) is 42.8 Å². The zero-order valence-electron chi connectivity index (χ0n) is 14.8. The fourth-order valence-corrected chi connectivity index (χ4v) is 2.75. The smallest absolute Gasteiger partial charge is 0.129 e. The van der Waals surface area contributed by atoms with Crippen LogP contribution in [0.3, 0.4) is 0 Å². The van der Waals surface area contributed by atoms with Crippen LogP contribution in [0, 0.1) is 0 Å². The van der Waals surface area contributed by atoms with Gasteiger partial charge in [0.05, 0.1) is 11.0 Å². The number of benzene rings is 2. The van der Waals surface area contributed by atoms with Crippen molar-refractivity contribution in [3.05, 3.63) is 77.9 Å². The molecule has 1 N–H and O–H groups in total. The largest absolute Gasteiger partial charge is 0.370 e. The van der Waals surface area contributed by atoms with Crippen LogP contribution >= 0.6 is 11.6 Å². The molecule has 0 atom stereocenters. The quantitative estimate of drug-likeness (QED) is 0.340. The van der Waals surface area contributed by atoms with Crippen LogP contribution in [0.15, 0.2) is 72.8 Å². The number of anilines is 1. The minimum absolute atomic E-state index is 0.545. The van der Waals surface area contributed by atoms with Gasteiger partial charge in [-0.2, -0.15) is 0 Å². The third-order valence-corrected chi connectivity index (χ3v) is 4.21. The first-order valence-corrected chi connectivity index (χ1v) is 9.25. The summed E-state index contributed by atoms with van der Waals surface area (Å²) in [5.74, 6) is 0.974. The Balaban J connectivity index is 0.000000158. The predicted molar refractivity (Wildman–Crippen MR) is 112 cm³/mol. The molecule has 26 heavy (non-hydrogen) atoms. The molecule has 3 nitrogen and oxygen atoms in total. The van der Waals surface area contributed by atoms with Crippen LogP contribution in [-0.4, -0.2) is 16.5 Å². The van der Waals surface area contributed by atoms with Crippen LogP contribution in [0.25, 0.3) is 21.8 Å². The molecule has 0 saturated carbocycles. The second kappa shape index (κ2) is 9.16. The van der Waals surface area contributed by atoms with Gasteiger partial charge < -0.3 is 5.32 Å². The van der Waals surface area contributed by atoms with E-state index in [2.05, 4.69) is 34.3 Å². The molecule has 0 bridgehead atoms. The molecule has 0 aliphatic carbocycles. The van der Waals surface area contributed by atoms with Crippen molar-refractivity contribution in [2.75, 3.05) is 11.9 Å². The van der Waals surface area contributed by atoms with Crippen molar-refractivity contribution in [3.8, 4) is 0 Å². The molecule has 0 radical (unpaired) electrons. The first-order valence-electron chi connectivity index (χ1n) is 8.87. The summed E-state index contributed by atoms with van der Waals surface area (Å²) in [5, 5.41) is 6.19. The number of hydrogen-bond donors (Lipinski definition) is 1. The van der Waals surface area contributed by atoms with Gasteiger partial charge in [-0.15, -0.1) is 0 Å². The van der Waals surface area contributed by atoms with Gasteiger partial charge in [0.25, 0.3) is 0 Å². The average molecular weight is 364 g/mol. The fourth-order valence-electron chi connectivity index (χ4n) is 2.60. The van der Waals surface area contributed by atoms with Gasteiger partial charge in [0.2, 0.25) is 0 Å². The summed E-state index contributed by atoms with van der Waals surface area (Å²) in [6, 6.07) is 24.0. The molecule has 2 aromatic heterocycles. The van der Waals surface area contributed by atoms with Gasteiger partial charge in [0, 0.05) is 17.3 Å². The molecule has 0 aliphatic rings. The van der Waals surface area contributed by atoms with Crippen molar-refractivity contribution < 1.29 is 0 Å². The molecule has 4 aromatic rings. The van der Waals surface area contributed by atoms with Gasteiger partial charge >= 0.3 is 0 Å². The van der Waals surface area contributed by atoms with Crippen molar-refractivity contribution in [1.82, 2.24) is 9.97 Å². The van der Waals surface area contributed by atoms with E-state index in [9.17, 15) is 0 Å². The second-order valence-electron chi connectivity index (χ2n) is 6.00. The third kappa shape index (κ3) is 4.93. The lowest BCUT2D eigenvalue weighted by atomic mass is 10.2. The molecule has 4 heteroatoms. The molecule has 0 spiro atoms. The zero-order chi connectivity index (χ0) is 18.2. The molecule has 0 unspecified atom stereocenters. The highest BCUT2D eigenvalue weighted by Crippen LogP contribution is 2.15. The lowest BCUT2D eigenvalue weighted by Crippen LogP contribution is -2.02. The lowest BCUT2D eigenvalue weighted by Gasteiger charge is -2.05. The maximum Gasteiger partial charge on any atom is 0.129 e. The highest BCUT2D eigenvalue weighted by Gasteiger charge is 1.96. The summed E-state index contributed by atoms with van der Waals surface area (Å²) < 4.78 is 0. The molecule has 2 heterocycles. The Labute approximate surface area is 159 Å². The summed E-state index contributed by atoms with van der Waals surface area (Å²) in [6.07, 6.45) is 2.40. The number of halogens is 1. The maximum atomic E-state index is 5.71. The number of para-hydroxylation sites is 2. The third-order valence-electron chi connectivity index (χ3n) is 4.00. The van der Waals surface area contributed by atoms with E-state index in [-0.39, 0.29) is 0 Å². The number of nitrogens with zero attached hydrogens (tertiary/aromatic N) is 2. The van der Waals surface area contributed by atoms with Crippen molar-refractivity contribution >= 4 is 39.2 Å². The Morgan fingerprint density at radius 1 is 0.769 bits per heavy atom. The number of aromatic nitrogens is 2. The van der Waals surface area contributed by atoms with Gasteiger partial charge in [-0.25, -0.2) is 9.97 Å². The van der Waals surface area contributed by atoms with Crippen molar-refractivity contribution in [2.45, 2.75) is 19.8 Å². The standard InChI is InChI=1S/C13H16N2.C9H6ClN/c1-2-3-10-14-13-9-8-11-6-4-5-7-12(11)15-13;10-9-6-5-7-3-1-2-4-8(7)11-9/h4-9H,2-3,10H2,1H3,(H,14,15);1-6H. The lowest BCUT2D eigenvalue weighted by molar-refractivity contribution is 0.831. The molecule has 0 amide bonds. The summed E-state index contributed by atoms with van der Waals surface area (Å²) in [5.41, 5.74) is 2.00. The molecule has 0 fully saturated rings. The molecule has 0 aliphatic heterocycles. The predicted octanol–water partition coefficient (Wildman–Crippen LogP) is 6.34. The molecule has 132 valence electrons. The Kier molecular flexibility index (Phi) is 6.39. The zero-order valence-corrected chi connectivity index (χ0v) is 15.6. The van der Waals surface area contributed by atoms with Crippen LogP contribution in [-0.2, 0) is 0 Å². The van der Waals surface area contributed by atoms with Crippen molar-refractivity contribution in [3.63, 3.8) is 0 Å². The Bertz CT molecular complexity index is 985. The number of nitrogens with one attached hydrogen (secondary N) is 1. The number of hydrogen-bond acceptors (Lipinski definition) is 3. The van der Waals surface area contributed by atoms with Crippen LogP contribution in [0.4, 0.5) is 5.82 Å². The maximum absolute atomic E-state index is 5.71. The number of unbranched alkanes of at least 4 members (excludes halogenated alkanes) is 1. The number of pyridine rings is 2. The molecular formula is C22H22ClN3. The van der Waals surface area contributed by atoms with E-state index in [0.29, 0.717) is 5.15 Å². The molecule has 4 rings (SSSR count). The average Bonchev–Trinajstić information content (AvgIpc) is 2.68. The SMILES string of the molecule is CCCCNc1ccc2ccccc2n1.Clc1ccc2ccccc2n1. The Morgan fingerprint density at radius 3 is 2.08 bits per heavy atom. The van der Waals surface area contributed by atoms with Gasteiger partial charge in [-0.3, -0.25) is 0 Å². The van der Waals surface area contributed by atoms with E-state index in [1.807, 2.05) is 54.6 Å². The van der Waals surface area contributed by atoms with Crippen LogP contribution < -0.4 is 5.32 Å². The second-order valence-corrected chi connectivity index (χ2v) is 6.38. The van der Waals surface area contributed by atoms with E-state index in [0.717, 1.165) is 28.8 Å². The summed E-state index contributed by atoms with van der Waals surface area (Å²) in [7, 11) is 0. The van der Waals surface area contributed by atoms with E-state index >= 15 is 0 Å². The van der Waals surface area contributed by atoms with E-state index in [4.69, 9.17) is 11.6 Å². The number of fused-ring (bicyclic) bond motifs is 2. The van der Waals surface area contributed by atoms with Gasteiger partial charge in [-0.1, -0.05) is 61.3 Å². The Morgan fingerprint density at radius 2 is 1.38 bits per heavy atom. The highest BCUT2D eigenvalue weighted by atomic mass is 35.5. The topological polar surface area (TPSA) is 37.8 Å². The van der Waals surface area contributed by atoms with E-state index in [1.165, 1.54) is 18.2 Å². The Hall–Kier alpha value is -2.65. The minimum Gasteiger partial charge on any atom is -0.370 e. The summed E-state index contributed by atoms with van der Waals surface area (Å²) in [4.78, 5) is 8.68. The molecular weight excluding hydrogens is 342 g/mol. The van der Waals surface area contributed by atoms with E-state index < -0.39 is 0 Å². The molecule has 2 aromatic carbocycles. The monoisotopic (exact) mass is 363 g/mol. The number of rotatable bonds is 4. The van der Waals surface area contributed by atoms with Crippen molar-refractivity contribution in [2.24, 2.45) is 0 Å². The van der Waals surface area contributed by atoms with Gasteiger partial charge in [0.15, 0.2) is 0 Å². The van der Waals surface area contributed by atoms with Crippen molar-refractivity contribution in [1.29, 1.82) is 0 Å². The van der Waals surface area contributed by atoms with Gasteiger partial charge in [0.1, 0.15) is 11.0 Å². The van der Waals surface area contributed by atoms with E-state index in [1.54, 1.807) is 6.07 Å². The van der Waals surface area contributed by atoms with Crippen LogP contribution in [0.2, 0.25) is 5.15 Å². The summed E-state index contributed by atoms with van der Waals surface area (Å²) in [6.45, 7) is 3.19. The highest BCUT2D eigenvalue weighted by molar-refractivity contribution is 6.29. The fraction of sp³-hybridized carbons (Fsp3) is 0.182. The summed E-state index contributed by atoms with van der Waals surface area (Å²) >= 11 is 5.71. The normalized spacial score (nSPS) is 10.4. The van der Waals surface area contributed by atoms with Crippen LogP contribution in [0.5, 0.6) is 0 Å². The first-order chi connectivity index (χ1) is 12.8. The first kappa shape index (κ1) is 18.2. The minimum atomic E-state index is 0.545.